The van der Waals surface area contributed by atoms with Gasteiger partial charge >= 0.3 is 0 Å². The predicted molar refractivity (Wildman–Crippen MR) is 208 cm³/mol. The van der Waals surface area contributed by atoms with Crippen LogP contribution in [0.3, 0.4) is 0 Å². The summed E-state index contributed by atoms with van der Waals surface area (Å²) in [6.07, 6.45) is 0. The second kappa shape index (κ2) is 10.8. The van der Waals surface area contributed by atoms with Gasteiger partial charge in [0.1, 0.15) is 0 Å². The zero-order valence-electron chi connectivity index (χ0n) is 27.9. The van der Waals surface area contributed by atoms with E-state index in [-0.39, 0.29) is 5.41 Å². The lowest BCUT2D eigenvalue weighted by atomic mass is 9.81. The summed E-state index contributed by atoms with van der Waals surface area (Å²) in [5.74, 6) is 0.723. The van der Waals surface area contributed by atoms with Crippen LogP contribution in [0.4, 0.5) is 0 Å². The highest BCUT2D eigenvalue weighted by molar-refractivity contribution is 6.09. The molecule has 3 heteroatoms. The summed E-state index contributed by atoms with van der Waals surface area (Å²) in [6.45, 7) is 4.73. The molecule has 0 saturated carbocycles. The second-order valence-corrected chi connectivity index (χ2v) is 13.8. The van der Waals surface area contributed by atoms with E-state index in [0.29, 0.717) is 0 Å². The summed E-state index contributed by atoms with van der Waals surface area (Å²) in [6, 6.07) is 58.6. The highest BCUT2D eigenvalue weighted by atomic mass is 15.0. The Bertz CT molecular complexity index is 2760. The fourth-order valence-corrected chi connectivity index (χ4v) is 8.19. The van der Waals surface area contributed by atoms with E-state index in [1.54, 1.807) is 0 Å². The molecule has 0 N–H and O–H groups in total. The average Bonchev–Trinajstić information content (AvgIpc) is 3.64. The third-order valence-corrected chi connectivity index (χ3v) is 10.6. The van der Waals surface area contributed by atoms with Gasteiger partial charge in [-0.05, 0) is 70.1 Å². The van der Waals surface area contributed by atoms with Gasteiger partial charge in [-0.2, -0.15) is 0 Å². The predicted octanol–water partition coefficient (Wildman–Crippen LogP) is 12.0. The van der Waals surface area contributed by atoms with Gasteiger partial charge < -0.3 is 4.57 Å². The van der Waals surface area contributed by atoms with Gasteiger partial charge in [0.15, 0.2) is 5.82 Å². The van der Waals surface area contributed by atoms with E-state index in [0.717, 1.165) is 44.6 Å². The summed E-state index contributed by atoms with van der Waals surface area (Å²) in [5, 5.41) is 4.66. The van der Waals surface area contributed by atoms with Crippen molar-refractivity contribution in [3.05, 3.63) is 175 Å². The minimum absolute atomic E-state index is 0.139. The molecule has 0 atom stereocenters. The van der Waals surface area contributed by atoms with Gasteiger partial charge in [0, 0.05) is 44.0 Å². The van der Waals surface area contributed by atoms with Crippen LogP contribution in [0, 0.1) is 0 Å². The van der Waals surface area contributed by atoms with Crippen molar-refractivity contribution in [1.29, 1.82) is 0 Å². The Kier molecular flexibility index (Phi) is 6.22. The van der Waals surface area contributed by atoms with Crippen LogP contribution in [0.1, 0.15) is 25.0 Å². The number of hydrogen-bond donors (Lipinski definition) is 0. The highest BCUT2D eigenvalue weighted by Crippen LogP contribution is 2.54. The van der Waals surface area contributed by atoms with Gasteiger partial charge in [-0.15, -0.1) is 0 Å². The molecule has 2 aromatic heterocycles. The van der Waals surface area contributed by atoms with Crippen molar-refractivity contribution >= 4 is 32.6 Å². The molecule has 10 rings (SSSR count). The molecular formula is C47H33N3. The smallest absolute Gasteiger partial charge is 0.160 e. The maximum absolute atomic E-state index is 5.23. The van der Waals surface area contributed by atoms with Crippen LogP contribution in [0.15, 0.2) is 164 Å². The SMILES string of the molecule is CC1(C)c2ccccc2-c2c1c1cc(-c3ccccc3)ccc1n2-c1ccc(-c2nc(-c3ccccc3)c3ccc4ccccc4c3n2)cc1. The maximum atomic E-state index is 5.23. The van der Waals surface area contributed by atoms with E-state index in [4.69, 9.17) is 9.97 Å². The molecule has 1 aliphatic rings. The van der Waals surface area contributed by atoms with Gasteiger partial charge in [0.05, 0.1) is 22.4 Å². The molecule has 0 aliphatic heterocycles. The second-order valence-electron chi connectivity index (χ2n) is 13.8. The van der Waals surface area contributed by atoms with E-state index >= 15 is 0 Å². The molecule has 7 aromatic carbocycles. The maximum Gasteiger partial charge on any atom is 0.160 e. The number of fused-ring (bicyclic) bond motifs is 8. The quantitative estimate of drug-likeness (QED) is 0.179. The Morgan fingerprint density at radius 1 is 0.500 bits per heavy atom. The molecule has 1 aliphatic carbocycles. The third kappa shape index (κ3) is 4.23. The molecule has 9 aromatic rings. The van der Waals surface area contributed by atoms with Crippen LogP contribution in [-0.2, 0) is 5.41 Å². The highest BCUT2D eigenvalue weighted by Gasteiger charge is 2.40. The van der Waals surface area contributed by atoms with Gasteiger partial charge in [-0.3, -0.25) is 0 Å². The van der Waals surface area contributed by atoms with Crippen molar-refractivity contribution in [3.63, 3.8) is 0 Å². The Morgan fingerprint density at radius 2 is 1.18 bits per heavy atom. The van der Waals surface area contributed by atoms with Crippen LogP contribution in [0.2, 0.25) is 0 Å². The van der Waals surface area contributed by atoms with Gasteiger partial charge in [0.25, 0.3) is 0 Å². The normalized spacial score (nSPS) is 13.2. The summed E-state index contributed by atoms with van der Waals surface area (Å²) in [4.78, 5) is 10.4. The monoisotopic (exact) mass is 639 g/mol. The molecule has 236 valence electrons. The standard InChI is InChI=1S/C47H33N3/c1-47(2)40-20-12-11-19-37(40)45-42(47)39-29-34(30-13-5-3-6-14-30)24-28-41(39)50(45)35-25-21-33(22-26-35)46-48-43(32-16-7-4-8-17-32)38-27-23-31-15-9-10-18-36(31)44(38)49-46/h3-29H,1-2H3. The van der Waals surface area contributed by atoms with Gasteiger partial charge in [0.2, 0.25) is 0 Å². The van der Waals surface area contributed by atoms with E-state index in [2.05, 4.69) is 176 Å². The number of benzene rings is 7. The van der Waals surface area contributed by atoms with Crippen molar-refractivity contribution in [2.45, 2.75) is 19.3 Å². The zero-order chi connectivity index (χ0) is 33.4. The molecule has 0 radical (unpaired) electrons. The molecule has 50 heavy (non-hydrogen) atoms. The topological polar surface area (TPSA) is 30.7 Å². The zero-order valence-corrected chi connectivity index (χ0v) is 27.9. The van der Waals surface area contributed by atoms with E-state index in [9.17, 15) is 0 Å². The van der Waals surface area contributed by atoms with Crippen molar-refractivity contribution in [2.24, 2.45) is 0 Å². The summed E-state index contributed by atoms with van der Waals surface area (Å²) in [5.41, 5.74) is 14.0. The molecule has 2 heterocycles. The van der Waals surface area contributed by atoms with Crippen molar-refractivity contribution in [3.8, 4) is 50.7 Å². The Labute approximate surface area is 291 Å². The van der Waals surface area contributed by atoms with Gasteiger partial charge in [-0.1, -0.05) is 135 Å². The Balaban J connectivity index is 1.17. The number of hydrogen-bond acceptors (Lipinski definition) is 2. The summed E-state index contributed by atoms with van der Waals surface area (Å²) < 4.78 is 2.46. The van der Waals surface area contributed by atoms with E-state index < -0.39 is 0 Å². The minimum atomic E-state index is -0.139. The molecular weight excluding hydrogens is 607 g/mol. The van der Waals surface area contributed by atoms with Crippen molar-refractivity contribution in [1.82, 2.24) is 14.5 Å². The summed E-state index contributed by atoms with van der Waals surface area (Å²) >= 11 is 0. The molecule has 0 saturated heterocycles. The lowest BCUT2D eigenvalue weighted by Gasteiger charge is -2.21. The molecule has 0 spiro atoms. The lowest BCUT2D eigenvalue weighted by molar-refractivity contribution is 0.666. The molecule has 0 bridgehead atoms. The average molecular weight is 640 g/mol. The fraction of sp³-hybridized carbons (Fsp3) is 0.0638. The number of rotatable bonds is 4. The summed E-state index contributed by atoms with van der Waals surface area (Å²) in [7, 11) is 0. The van der Waals surface area contributed by atoms with Gasteiger partial charge in [-0.25, -0.2) is 9.97 Å². The van der Waals surface area contributed by atoms with E-state index in [1.807, 2.05) is 6.07 Å². The first-order chi connectivity index (χ1) is 24.6. The Hall–Kier alpha value is -6.32. The van der Waals surface area contributed by atoms with Crippen LogP contribution in [-0.4, -0.2) is 14.5 Å². The first-order valence-corrected chi connectivity index (χ1v) is 17.3. The number of nitrogens with zero attached hydrogens (tertiary/aromatic N) is 3. The van der Waals surface area contributed by atoms with Crippen LogP contribution < -0.4 is 0 Å². The third-order valence-electron chi connectivity index (χ3n) is 10.6. The minimum Gasteiger partial charge on any atom is -0.309 e. The first-order valence-electron chi connectivity index (χ1n) is 17.3. The largest absolute Gasteiger partial charge is 0.309 e. The molecule has 0 unspecified atom stereocenters. The Morgan fingerprint density at radius 3 is 1.98 bits per heavy atom. The molecule has 0 fully saturated rings. The number of aromatic nitrogens is 3. The van der Waals surface area contributed by atoms with Crippen molar-refractivity contribution < 1.29 is 0 Å². The molecule has 0 amide bonds. The fourth-order valence-electron chi connectivity index (χ4n) is 8.19. The lowest BCUT2D eigenvalue weighted by Crippen LogP contribution is -2.14. The van der Waals surface area contributed by atoms with E-state index in [1.165, 1.54) is 49.8 Å². The van der Waals surface area contributed by atoms with Crippen LogP contribution in [0.25, 0.3) is 83.3 Å². The van der Waals surface area contributed by atoms with Crippen LogP contribution >= 0.6 is 0 Å². The van der Waals surface area contributed by atoms with Crippen LogP contribution in [0.5, 0.6) is 0 Å². The molecule has 3 nitrogen and oxygen atoms in total. The van der Waals surface area contributed by atoms with Crippen molar-refractivity contribution in [2.75, 3.05) is 0 Å². The first kappa shape index (κ1) is 28.7.